The standard InChI is InChI=1S/C21H24ClNO3/c1-14-3-4-17(15(2)11-14)5-6-20(24)23-8-7-16-12-18(22)21-19(13-16)25-9-10-26-21/h3-4,11-13H,5-10H2,1-2H3,(H,23,24). The largest absolute Gasteiger partial charge is 0.486 e. The topological polar surface area (TPSA) is 47.6 Å². The van der Waals surface area contributed by atoms with Crippen LogP contribution in [0.3, 0.4) is 0 Å². The van der Waals surface area contributed by atoms with Gasteiger partial charge in [0, 0.05) is 13.0 Å². The number of fused-ring (bicyclic) bond motifs is 1. The van der Waals surface area contributed by atoms with Gasteiger partial charge in [0.15, 0.2) is 11.5 Å². The van der Waals surface area contributed by atoms with Gasteiger partial charge in [-0.05, 0) is 55.5 Å². The number of aryl methyl sites for hydroxylation is 3. The maximum absolute atomic E-state index is 12.1. The average Bonchev–Trinajstić information content (AvgIpc) is 2.61. The molecular weight excluding hydrogens is 350 g/mol. The molecule has 0 atom stereocenters. The molecule has 0 saturated heterocycles. The van der Waals surface area contributed by atoms with Crippen LogP contribution in [0.4, 0.5) is 0 Å². The number of nitrogens with one attached hydrogen (secondary N) is 1. The molecule has 0 radical (unpaired) electrons. The van der Waals surface area contributed by atoms with Gasteiger partial charge >= 0.3 is 0 Å². The van der Waals surface area contributed by atoms with Gasteiger partial charge in [0.1, 0.15) is 13.2 Å². The van der Waals surface area contributed by atoms with Gasteiger partial charge in [0.25, 0.3) is 0 Å². The Bertz CT molecular complexity index is 804. The van der Waals surface area contributed by atoms with Crippen LogP contribution in [-0.2, 0) is 17.6 Å². The summed E-state index contributed by atoms with van der Waals surface area (Å²) in [5.74, 6) is 1.35. The van der Waals surface area contributed by atoms with Crippen molar-refractivity contribution in [2.24, 2.45) is 0 Å². The van der Waals surface area contributed by atoms with E-state index in [-0.39, 0.29) is 5.91 Å². The van der Waals surface area contributed by atoms with Crippen LogP contribution < -0.4 is 14.8 Å². The quantitative estimate of drug-likeness (QED) is 0.831. The minimum absolute atomic E-state index is 0.0635. The molecule has 1 amide bonds. The molecule has 5 heteroatoms. The molecule has 1 heterocycles. The second kappa shape index (κ2) is 8.45. The van der Waals surface area contributed by atoms with Crippen molar-refractivity contribution >= 4 is 17.5 Å². The van der Waals surface area contributed by atoms with E-state index in [1.807, 2.05) is 12.1 Å². The summed E-state index contributed by atoms with van der Waals surface area (Å²) < 4.78 is 11.1. The van der Waals surface area contributed by atoms with Crippen molar-refractivity contribution in [2.45, 2.75) is 33.1 Å². The van der Waals surface area contributed by atoms with Crippen molar-refractivity contribution in [3.63, 3.8) is 0 Å². The van der Waals surface area contributed by atoms with Crippen LogP contribution in [0.5, 0.6) is 11.5 Å². The van der Waals surface area contributed by atoms with Crippen LogP contribution >= 0.6 is 11.6 Å². The van der Waals surface area contributed by atoms with E-state index in [9.17, 15) is 4.79 Å². The zero-order valence-corrected chi connectivity index (χ0v) is 16.0. The molecule has 3 rings (SSSR count). The van der Waals surface area contributed by atoms with E-state index in [2.05, 4.69) is 37.4 Å². The first-order chi connectivity index (χ1) is 12.5. The molecule has 0 bridgehead atoms. The van der Waals surface area contributed by atoms with E-state index >= 15 is 0 Å². The fourth-order valence-corrected chi connectivity index (χ4v) is 3.41. The first-order valence-electron chi connectivity index (χ1n) is 8.94. The second-order valence-electron chi connectivity index (χ2n) is 6.63. The number of carbonyl (C=O) groups excluding carboxylic acids is 1. The smallest absolute Gasteiger partial charge is 0.220 e. The summed E-state index contributed by atoms with van der Waals surface area (Å²) in [6.45, 7) is 5.78. The SMILES string of the molecule is Cc1ccc(CCC(=O)NCCc2cc(Cl)c3c(c2)OCCO3)c(C)c1. The average molecular weight is 374 g/mol. The Morgan fingerprint density at radius 2 is 1.92 bits per heavy atom. The number of carbonyl (C=O) groups is 1. The van der Waals surface area contributed by atoms with Crippen LogP contribution in [0.15, 0.2) is 30.3 Å². The van der Waals surface area contributed by atoms with Crippen LogP contribution in [0.25, 0.3) is 0 Å². The predicted octanol–water partition coefficient (Wildman–Crippen LogP) is 4.02. The Hall–Kier alpha value is -2.20. The summed E-state index contributed by atoms with van der Waals surface area (Å²) >= 11 is 6.24. The molecule has 2 aromatic rings. The lowest BCUT2D eigenvalue weighted by molar-refractivity contribution is -0.121. The van der Waals surface area contributed by atoms with Crippen LogP contribution in [0, 0.1) is 13.8 Å². The molecule has 1 N–H and O–H groups in total. The van der Waals surface area contributed by atoms with E-state index < -0.39 is 0 Å². The molecule has 0 fully saturated rings. The lowest BCUT2D eigenvalue weighted by Gasteiger charge is -2.20. The van der Waals surface area contributed by atoms with Gasteiger partial charge < -0.3 is 14.8 Å². The summed E-state index contributed by atoms with van der Waals surface area (Å²) in [5, 5.41) is 3.53. The Morgan fingerprint density at radius 1 is 1.12 bits per heavy atom. The third kappa shape index (κ3) is 4.70. The van der Waals surface area contributed by atoms with Gasteiger partial charge in [0.2, 0.25) is 5.91 Å². The Kier molecular flexibility index (Phi) is 6.04. The number of halogens is 1. The second-order valence-corrected chi connectivity index (χ2v) is 7.04. The van der Waals surface area contributed by atoms with Gasteiger partial charge in [-0.2, -0.15) is 0 Å². The highest BCUT2D eigenvalue weighted by atomic mass is 35.5. The first kappa shape index (κ1) is 18.6. The molecule has 1 aliphatic rings. The number of amides is 1. The summed E-state index contributed by atoms with van der Waals surface area (Å²) in [5.41, 5.74) is 4.73. The molecule has 2 aromatic carbocycles. The van der Waals surface area contributed by atoms with Gasteiger partial charge in [-0.25, -0.2) is 0 Å². The normalized spacial score (nSPS) is 12.7. The summed E-state index contributed by atoms with van der Waals surface area (Å²) in [4.78, 5) is 12.1. The summed E-state index contributed by atoms with van der Waals surface area (Å²) in [6, 6.07) is 10.2. The first-order valence-corrected chi connectivity index (χ1v) is 9.31. The predicted molar refractivity (Wildman–Crippen MR) is 103 cm³/mol. The molecular formula is C21H24ClNO3. The lowest BCUT2D eigenvalue weighted by Crippen LogP contribution is -2.26. The molecule has 26 heavy (non-hydrogen) atoms. The summed E-state index contributed by atoms with van der Waals surface area (Å²) in [7, 11) is 0. The molecule has 0 unspecified atom stereocenters. The van der Waals surface area contributed by atoms with Gasteiger partial charge in [-0.1, -0.05) is 35.4 Å². The Labute approximate surface area is 159 Å². The minimum Gasteiger partial charge on any atom is -0.486 e. The highest BCUT2D eigenvalue weighted by Gasteiger charge is 2.16. The number of benzene rings is 2. The zero-order chi connectivity index (χ0) is 18.5. The van der Waals surface area contributed by atoms with Crippen LogP contribution in [0.2, 0.25) is 5.02 Å². The maximum atomic E-state index is 12.1. The number of hydrogen-bond donors (Lipinski definition) is 1. The van der Waals surface area contributed by atoms with Crippen LogP contribution in [-0.4, -0.2) is 25.7 Å². The third-order valence-electron chi connectivity index (χ3n) is 4.51. The lowest BCUT2D eigenvalue weighted by atomic mass is 10.0. The minimum atomic E-state index is 0.0635. The zero-order valence-electron chi connectivity index (χ0n) is 15.2. The molecule has 4 nitrogen and oxygen atoms in total. The number of ether oxygens (including phenoxy) is 2. The van der Waals surface area contributed by atoms with E-state index in [4.69, 9.17) is 21.1 Å². The monoisotopic (exact) mass is 373 g/mol. The van der Waals surface area contributed by atoms with Crippen molar-refractivity contribution < 1.29 is 14.3 Å². The molecule has 0 aliphatic carbocycles. The van der Waals surface area contributed by atoms with Crippen molar-refractivity contribution in [1.82, 2.24) is 5.32 Å². The van der Waals surface area contributed by atoms with E-state index in [0.717, 1.165) is 12.0 Å². The third-order valence-corrected chi connectivity index (χ3v) is 4.79. The van der Waals surface area contributed by atoms with E-state index in [0.29, 0.717) is 49.1 Å². The number of rotatable bonds is 6. The van der Waals surface area contributed by atoms with E-state index in [1.165, 1.54) is 16.7 Å². The summed E-state index contributed by atoms with van der Waals surface area (Å²) in [6.07, 6.45) is 1.95. The fourth-order valence-electron chi connectivity index (χ4n) is 3.12. The molecule has 0 saturated carbocycles. The van der Waals surface area contributed by atoms with Gasteiger partial charge in [-0.3, -0.25) is 4.79 Å². The maximum Gasteiger partial charge on any atom is 0.220 e. The molecule has 1 aliphatic heterocycles. The molecule has 0 aromatic heterocycles. The number of hydrogen-bond acceptors (Lipinski definition) is 3. The van der Waals surface area contributed by atoms with Crippen molar-refractivity contribution in [3.05, 3.63) is 57.6 Å². The van der Waals surface area contributed by atoms with Gasteiger partial charge in [-0.15, -0.1) is 0 Å². The van der Waals surface area contributed by atoms with Crippen molar-refractivity contribution in [3.8, 4) is 11.5 Å². The highest BCUT2D eigenvalue weighted by Crippen LogP contribution is 2.38. The Balaban J connectivity index is 1.47. The Morgan fingerprint density at radius 3 is 2.73 bits per heavy atom. The van der Waals surface area contributed by atoms with Crippen LogP contribution in [0.1, 0.15) is 28.7 Å². The van der Waals surface area contributed by atoms with Crippen molar-refractivity contribution in [1.29, 1.82) is 0 Å². The molecule has 0 spiro atoms. The van der Waals surface area contributed by atoms with E-state index in [1.54, 1.807) is 0 Å². The highest BCUT2D eigenvalue weighted by molar-refractivity contribution is 6.32. The molecule has 138 valence electrons. The van der Waals surface area contributed by atoms with Crippen molar-refractivity contribution in [2.75, 3.05) is 19.8 Å². The fraction of sp³-hybridized carbons (Fsp3) is 0.381. The van der Waals surface area contributed by atoms with Gasteiger partial charge in [0.05, 0.1) is 5.02 Å².